The maximum atomic E-state index is 12.3. The zero-order chi connectivity index (χ0) is 15.6. The summed E-state index contributed by atoms with van der Waals surface area (Å²) < 4.78 is 1.69. The standard InChI is InChI=1S/C14H22N4O3/c1-10-11(9-17(3)16-10)8-15-13(21)18-7-5-4-6-14(18,2)12(19)20/h9H,4-8H2,1-3H3,(H,15,21)(H,19,20). The minimum Gasteiger partial charge on any atom is -0.480 e. The smallest absolute Gasteiger partial charge is 0.329 e. The van der Waals surface area contributed by atoms with E-state index in [1.807, 2.05) is 20.2 Å². The lowest BCUT2D eigenvalue weighted by Crippen LogP contribution is -2.59. The van der Waals surface area contributed by atoms with E-state index in [0.717, 1.165) is 24.1 Å². The molecule has 7 nitrogen and oxygen atoms in total. The van der Waals surface area contributed by atoms with Gasteiger partial charge in [-0.2, -0.15) is 5.10 Å². The van der Waals surface area contributed by atoms with Crippen molar-refractivity contribution in [1.82, 2.24) is 20.0 Å². The number of carbonyl (C=O) groups excluding carboxylic acids is 1. The summed E-state index contributed by atoms with van der Waals surface area (Å²) in [5, 5.41) is 16.4. The third-order valence-corrected chi connectivity index (χ3v) is 4.14. The van der Waals surface area contributed by atoms with Crippen LogP contribution >= 0.6 is 0 Å². The van der Waals surface area contributed by atoms with Crippen molar-refractivity contribution in [3.8, 4) is 0 Å². The van der Waals surface area contributed by atoms with Crippen molar-refractivity contribution in [2.45, 2.75) is 45.2 Å². The van der Waals surface area contributed by atoms with E-state index in [4.69, 9.17) is 0 Å². The minimum absolute atomic E-state index is 0.331. The van der Waals surface area contributed by atoms with E-state index in [9.17, 15) is 14.7 Å². The Hall–Kier alpha value is -2.05. The Balaban J connectivity index is 2.05. The maximum Gasteiger partial charge on any atom is 0.329 e. The lowest BCUT2D eigenvalue weighted by Gasteiger charge is -2.41. The summed E-state index contributed by atoms with van der Waals surface area (Å²) in [4.78, 5) is 25.3. The largest absolute Gasteiger partial charge is 0.480 e. The Bertz CT molecular complexity index is 554. The van der Waals surface area contributed by atoms with E-state index < -0.39 is 11.5 Å². The molecule has 1 saturated heterocycles. The van der Waals surface area contributed by atoms with Crippen LogP contribution in [0.2, 0.25) is 0 Å². The number of aryl methyl sites for hydroxylation is 2. The molecule has 0 radical (unpaired) electrons. The van der Waals surface area contributed by atoms with Gasteiger partial charge in [0, 0.05) is 31.9 Å². The summed E-state index contributed by atoms with van der Waals surface area (Å²) in [7, 11) is 1.82. The van der Waals surface area contributed by atoms with Crippen molar-refractivity contribution < 1.29 is 14.7 Å². The van der Waals surface area contributed by atoms with Crippen LogP contribution in [0.1, 0.15) is 37.4 Å². The van der Waals surface area contributed by atoms with Crippen molar-refractivity contribution in [3.63, 3.8) is 0 Å². The molecule has 2 heterocycles. The molecule has 1 aromatic heterocycles. The molecule has 0 aliphatic carbocycles. The van der Waals surface area contributed by atoms with Crippen LogP contribution in [0.3, 0.4) is 0 Å². The molecule has 0 saturated carbocycles. The second-order valence-electron chi connectivity index (χ2n) is 5.76. The zero-order valence-corrected chi connectivity index (χ0v) is 12.7. The maximum absolute atomic E-state index is 12.3. The van der Waals surface area contributed by atoms with Gasteiger partial charge in [0.2, 0.25) is 0 Å². The van der Waals surface area contributed by atoms with E-state index in [0.29, 0.717) is 19.5 Å². The number of aromatic nitrogens is 2. The fourth-order valence-electron chi connectivity index (χ4n) is 2.76. The molecule has 2 N–H and O–H groups in total. The van der Waals surface area contributed by atoms with E-state index in [1.165, 1.54) is 4.90 Å². The molecule has 1 atom stereocenters. The highest BCUT2D eigenvalue weighted by molar-refractivity contribution is 5.86. The predicted octanol–water partition coefficient (Wildman–Crippen LogP) is 1.27. The Morgan fingerprint density at radius 1 is 1.48 bits per heavy atom. The average molecular weight is 294 g/mol. The molecule has 1 aromatic rings. The molecule has 21 heavy (non-hydrogen) atoms. The fraction of sp³-hybridized carbons (Fsp3) is 0.643. The summed E-state index contributed by atoms with van der Waals surface area (Å²) in [6.07, 6.45) is 4.00. The number of piperidine rings is 1. The van der Waals surface area contributed by atoms with Gasteiger partial charge in [-0.3, -0.25) is 4.68 Å². The highest BCUT2D eigenvalue weighted by Gasteiger charge is 2.43. The van der Waals surface area contributed by atoms with Gasteiger partial charge < -0.3 is 15.3 Å². The number of hydrogen-bond acceptors (Lipinski definition) is 3. The lowest BCUT2D eigenvalue weighted by atomic mass is 9.89. The summed E-state index contributed by atoms with van der Waals surface area (Å²) >= 11 is 0. The molecule has 0 spiro atoms. The van der Waals surface area contributed by atoms with Gasteiger partial charge in [-0.05, 0) is 33.1 Å². The molecule has 0 aromatic carbocycles. The number of likely N-dealkylation sites (tertiary alicyclic amines) is 1. The van der Waals surface area contributed by atoms with Crippen LogP contribution in [0.15, 0.2) is 6.20 Å². The number of nitrogens with one attached hydrogen (secondary N) is 1. The quantitative estimate of drug-likeness (QED) is 0.878. The first-order chi connectivity index (χ1) is 9.84. The Morgan fingerprint density at radius 2 is 2.19 bits per heavy atom. The molecule has 1 aliphatic heterocycles. The van der Waals surface area contributed by atoms with Gasteiger partial charge in [0.25, 0.3) is 0 Å². The molecular formula is C14H22N4O3. The minimum atomic E-state index is -1.12. The monoisotopic (exact) mass is 294 g/mol. The highest BCUT2D eigenvalue weighted by Crippen LogP contribution is 2.28. The van der Waals surface area contributed by atoms with Crippen molar-refractivity contribution in [1.29, 1.82) is 0 Å². The highest BCUT2D eigenvalue weighted by atomic mass is 16.4. The third kappa shape index (κ3) is 3.01. The number of carboxylic acids is 1. The van der Waals surface area contributed by atoms with Crippen LogP contribution < -0.4 is 5.32 Å². The van der Waals surface area contributed by atoms with E-state index in [-0.39, 0.29) is 6.03 Å². The van der Waals surface area contributed by atoms with Gasteiger partial charge in [-0.15, -0.1) is 0 Å². The molecule has 7 heteroatoms. The second kappa shape index (κ2) is 5.75. The van der Waals surface area contributed by atoms with Gasteiger partial charge in [-0.1, -0.05) is 0 Å². The van der Waals surface area contributed by atoms with E-state index >= 15 is 0 Å². The molecule has 1 unspecified atom stereocenters. The first-order valence-corrected chi connectivity index (χ1v) is 7.12. The second-order valence-corrected chi connectivity index (χ2v) is 5.76. The number of nitrogens with zero attached hydrogens (tertiary/aromatic N) is 3. The number of urea groups is 1. The molecule has 1 fully saturated rings. The summed E-state index contributed by atoms with van der Waals surface area (Å²) in [5.41, 5.74) is 0.670. The SMILES string of the molecule is Cc1nn(C)cc1CNC(=O)N1CCCCC1(C)C(=O)O. The summed E-state index contributed by atoms with van der Waals surface area (Å²) in [6, 6.07) is -0.331. The third-order valence-electron chi connectivity index (χ3n) is 4.14. The van der Waals surface area contributed by atoms with Crippen LogP contribution in [0, 0.1) is 6.92 Å². The lowest BCUT2D eigenvalue weighted by molar-refractivity contribution is -0.150. The first kappa shape index (κ1) is 15.3. The van der Waals surface area contributed by atoms with Crippen LogP contribution in [0.25, 0.3) is 0 Å². The van der Waals surface area contributed by atoms with Crippen molar-refractivity contribution in [2.75, 3.05) is 6.54 Å². The molecule has 116 valence electrons. The Labute approximate surface area is 123 Å². The number of amides is 2. The summed E-state index contributed by atoms with van der Waals surface area (Å²) in [6.45, 7) is 4.32. The van der Waals surface area contributed by atoms with Gasteiger partial charge in [0.15, 0.2) is 0 Å². The van der Waals surface area contributed by atoms with Crippen LogP contribution in [-0.4, -0.2) is 43.9 Å². The van der Waals surface area contributed by atoms with Gasteiger partial charge >= 0.3 is 12.0 Å². The number of hydrogen-bond donors (Lipinski definition) is 2. The number of carboxylic acid groups (broad SMARTS) is 1. The van der Waals surface area contributed by atoms with Crippen molar-refractivity contribution >= 4 is 12.0 Å². The van der Waals surface area contributed by atoms with E-state index in [1.54, 1.807) is 11.6 Å². The van der Waals surface area contributed by atoms with Crippen molar-refractivity contribution in [2.24, 2.45) is 7.05 Å². The zero-order valence-electron chi connectivity index (χ0n) is 12.7. The predicted molar refractivity (Wildman–Crippen MR) is 76.8 cm³/mol. The van der Waals surface area contributed by atoms with Gasteiger partial charge in [0.1, 0.15) is 5.54 Å². The number of rotatable bonds is 3. The Kier molecular flexibility index (Phi) is 4.20. The molecular weight excluding hydrogens is 272 g/mol. The van der Waals surface area contributed by atoms with Gasteiger partial charge in [-0.25, -0.2) is 9.59 Å². The number of aliphatic carboxylic acids is 1. The summed E-state index contributed by atoms with van der Waals surface area (Å²) in [5.74, 6) is -0.949. The van der Waals surface area contributed by atoms with Gasteiger partial charge in [0.05, 0.1) is 5.69 Å². The average Bonchev–Trinajstić information content (AvgIpc) is 2.74. The molecule has 2 rings (SSSR count). The number of carbonyl (C=O) groups is 2. The van der Waals surface area contributed by atoms with Crippen LogP contribution in [0.4, 0.5) is 4.79 Å². The fourth-order valence-corrected chi connectivity index (χ4v) is 2.76. The molecule has 2 amide bonds. The normalized spacial score (nSPS) is 22.1. The Morgan fingerprint density at radius 3 is 2.76 bits per heavy atom. The van der Waals surface area contributed by atoms with Crippen LogP contribution in [0.5, 0.6) is 0 Å². The van der Waals surface area contributed by atoms with Crippen molar-refractivity contribution in [3.05, 3.63) is 17.5 Å². The van der Waals surface area contributed by atoms with Crippen LogP contribution in [-0.2, 0) is 18.4 Å². The van der Waals surface area contributed by atoms with E-state index in [2.05, 4.69) is 10.4 Å². The topological polar surface area (TPSA) is 87.5 Å². The molecule has 1 aliphatic rings. The molecule has 0 bridgehead atoms. The first-order valence-electron chi connectivity index (χ1n) is 7.12.